The summed E-state index contributed by atoms with van der Waals surface area (Å²) in [7, 11) is 0.110. The molecule has 1 aliphatic rings. The second-order valence-corrected chi connectivity index (χ2v) is 5.88. The lowest BCUT2D eigenvalue weighted by atomic mass is 9.92. The van der Waals surface area contributed by atoms with E-state index >= 15 is 0 Å². The maximum absolute atomic E-state index is 11.6. The number of rotatable bonds is 7. The topological polar surface area (TPSA) is 79.5 Å². The first-order chi connectivity index (χ1) is 8.07. The summed E-state index contributed by atoms with van der Waals surface area (Å²) in [6.45, 7) is 0.686. The van der Waals surface area contributed by atoms with Crippen molar-refractivity contribution in [1.82, 2.24) is 14.8 Å². The van der Waals surface area contributed by atoms with E-state index in [9.17, 15) is 8.42 Å². The van der Waals surface area contributed by atoms with Crippen molar-refractivity contribution in [2.75, 3.05) is 27.3 Å². The average Bonchev–Trinajstić information content (AvgIpc) is 2.30. The summed E-state index contributed by atoms with van der Waals surface area (Å²) in [4.78, 5) is 0. The highest BCUT2D eigenvalue weighted by Crippen LogP contribution is 2.18. The van der Waals surface area contributed by atoms with Gasteiger partial charge in [0.2, 0.25) is 0 Å². The molecule has 0 aromatic heterocycles. The Balaban J connectivity index is 2.28. The van der Waals surface area contributed by atoms with Crippen molar-refractivity contribution >= 4 is 10.2 Å². The molecule has 0 bridgehead atoms. The Morgan fingerprint density at radius 2 is 1.76 bits per heavy atom. The quantitative estimate of drug-likeness (QED) is 0.547. The molecule has 1 rings (SSSR count). The molecular weight excluding hydrogens is 242 g/mol. The van der Waals surface area contributed by atoms with Crippen molar-refractivity contribution in [1.29, 1.82) is 0 Å². The first kappa shape index (κ1) is 14.8. The molecule has 0 heterocycles. The first-order valence-corrected chi connectivity index (χ1v) is 7.49. The molecule has 0 aromatic carbocycles. The Kier molecular flexibility index (Phi) is 6.35. The van der Waals surface area contributed by atoms with Crippen LogP contribution in [0.2, 0.25) is 0 Å². The second kappa shape index (κ2) is 7.27. The first-order valence-electron chi connectivity index (χ1n) is 6.00. The van der Waals surface area contributed by atoms with Gasteiger partial charge in [-0.25, -0.2) is 0 Å². The number of methoxy groups -OCH3 is 1. The summed E-state index contributed by atoms with van der Waals surface area (Å²) in [5, 5.41) is 3.22. The molecular formula is C10H23N3O3S. The number of hydrogen-bond acceptors (Lipinski definition) is 4. The SMILES string of the molecule is CNC1CCC(NS(=O)(=O)NCCOC)CC1. The normalized spacial score (nSPS) is 26.0. The lowest BCUT2D eigenvalue weighted by molar-refractivity contribution is 0.204. The summed E-state index contributed by atoms with van der Waals surface area (Å²) in [5.74, 6) is 0. The van der Waals surface area contributed by atoms with E-state index in [0.29, 0.717) is 19.2 Å². The van der Waals surface area contributed by atoms with Gasteiger partial charge in [0.25, 0.3) is 10.2 Å². The third kappa shape index (κ3) is 5.78. The van der Waals surface area contributed by atoms with Gasteiger partial charge in [-0.05, 0) is 32.7 Å². The minimum atomic E-state index is -3.38. The van der Waals surface area contributed by atoms with E-state index in [0.717, 1.165) is 25.7 Å². The van der Waals surface area contributed by atoms with Crippen molar-refractivity contribution < 1.29 is 13.2 Å². The van der Waals surface area contributed by atoms with Crippen molar-refractivity contribution in [3.63, 3.8) is 0 Å². The van der Waals surface area contributed by atoms with E-state index < -0.39 is 10.2 Å². The van der Waals surface area contributed by atoms with Crippen LogP contribution >= 0.6 is 0 Å². The molecule has 1 saturated carbocycles. The van der Waals surface area contributed by atoms with Crippen LogP contribution in [-0.4, -0.2) is 47.8 Å². The van der Waals surface area contributed by atoms with Crippen LogP contribution in [0, 0.1) is 0 Å². The van der Waals surface area contributed by atoms with Crippen LogP contribution in [0.25, 0.3) is 0 Å². The largest absolute Gasteiger partial charge is 0.383 e. The Hall–Kier alpha value is -0.210. The fraction of sp³-hybridized carbons (Fsp3) is 1.00. The summed E-state index contributed by atoms with van der Waals surface area (Å²) in [6.07, 6.45) is 3.80. The zero-order chi connectivity index (χ0) is 12.7. The van der Waals surface area contributed by atoms with Gasteiger partial charge in [0, 0.05) is 25.7 Å². The highest BCUT2D eigenvalue weighted by atomic mass is 32.2. The Bertz CT molecular complexity index is 300. The molecule has 7 heteroatoms. The zero-order valence-electron chi connectivity index (χ0n) is 10.5. The van der Waals surface area contributed by atoms with Gasteiger partial charge in [-0.15, -0.1) is 0 Å². The maximum atomic E-state index is 11.6. The lowest BCUT2D eigenvalue weighted by Gasteiger charge is -2.28. The molecule has 17 heavy (non-hydrogen) atoms. The molecule has 0 unspecified atom stereocenters. The number of ether oxygens (including phenoxy) is 1. The van der Waals surface area contributed by atoms with E-state index in [4.69, 9.17) is 4.74 Å². The van der Waals surface area contributed by atoms with Crippen LogP contribution in [0.1, 0.15) is 25.7 Å². The third-order valence-corrected chi connectivity index (χ3v) is 4.28. The summed E-state index contributed by atoms with van der Waals surface area (Å²) in [6, 6.07) is 0.580. The molecule has 0 atom stereocenters. The predicted octanol–water partition coefficient (Wildman–Crippen LogP) is -0.413. The van der Waals surface area contributed by atoms with Gasteiger partial charge in [-0.1, -0.05) is 0 Å². The fourth-order valence-electron chi connectivity index (χ4n) is 2.04. The Labute approximate surface area is 104 Å². The summed E-state index contributed by atoms with van der Waals surface area (Å²) >= 11 is 0. The highest BCUT2D eigenvalue weighted by Gasteiger charge is 2.23. The smallest absolute Gasteiger partial charge is 0.277 e. The van der Waals surface area contributed by atoms with E-state index in [1.54, 1.807) is 7.11 Å². The standard InChI is InChI=1S/C10H23N3O3S/c1-11-9-3-5-10(6-4-9)13-17(14,15)12-7-8-16-2/h9-13H,3-8H2,1-2H3. The van der Waals surface area contributed by atoms with Crippen molar-refractivity contribution in [2.24, 2.45) is 0 Å². The van der Waals surface area contributed by atoms with Gasteiger partial charge in [0.05, 0.1) is 6.61 Å². The fourth-order valence-corrected chi connectivity index (χ4v) is 3.15. The molecule has 0 aromatic rings. The Morgan fingerprint density at radius 3 is 2.29 bits per heavy atom. The van der Waals surface area contributed by atoms with Gasteiger partial charge in [0.1, 0.15) is 0 Å². The number of nitrogens with one attached hydrogen (secondary N) is 3. The van der Waals surface area contributed by atoms with Gasteiger partial charge in [-0.3, -0.25) is 0 Å². The minimum absolute atomic E-state index is 0.0552. The number of hydrogen-bond donors (Lipinski definition) is 3. The molecule has 1 aliphatic carbocycles. The van der Waals surface area contributed by atoms with E-state index in [2.05, 4.69) is 14.8 Å². The van der Waals surface area contributed by atoms with Crippen LogP contribution in [-0.2, 0) is 14.9 Å². The van der Waals surface area contributed by atoms with Crippen LogP contribution in [0.3, 0.4) is 0 Å². The van der Waals surface area contributed by atoms with Crippen LogP contribution in [0.15, 0.2) is 0 Å². The lowest BCUT2D eigenvalue weighted by Crippen LogP contribution is -2.46. The monoisotopic (exact) mass is 265 g/mol. The van der Waals surface area contributed by atoms with Gasteiger partial charge in [-0.2, -0.15) is 17.9 Å². The van der Waals surface area contributed by atoms with E-state index in [1.807, 2.05) is 7.05 Å². The molecule has 0 radical (unpaired) electrons. The molecule has 6 nitrogen and oxygen atoms in total. The van der Waals surface area contributed by atoms with E-state index in [1.165, 1.54) is 0 Å². The molecule has 102 valence electrons. The summed E-state index contributed by atoms with van der Waals surface area (Å²) in [5.41, 5.74) is 0. The molecule has 0 amide bonds. The summed E-state index contributed by atoms with van der Waals surface area (Å²) < 4.78 is 33.2. The third-order valence-electron chi connectivity index (χ3n) is 3.06. The van der Waals surface area contributed by atoms with E-state index in [-0.39, 0.29) is 6.04 Å². The highest BCUT2D eigenvalue weighted by molar-refractivity contribution is 7.87. The van der Waals surface area contributed by atoms with Crippen molar-refractivity contribution in [3.05, 3.63) is 0 Å². The predicted molar refractivity (Wildman–Crippen MR) is 67.0 cm³/mol. The average molecular weight is 265 g/mol. The molecule has 3 N–H and O–H groups in total. The van der Waals surface area contributed by atoms with Gasteiger partial charge in [0.15, 0.2) is 0 Å². The van der Waals surface area contributed by atoms with Gasteiger partial charge >= 0.3 is 0 Å². The van der Waals surface area contributed by atoms with Crippen molar-refractivity contribution in [3.8, 4) is 0 Å². The molecule has 0 saturated heterocycles. The Morgan fingerprint density at radius 1 is 1.18 bits per heavy atom. The molecule has 0 aliphatic heterocycles. The second-order valence-electron chi connectivity index (χ2n) is 4.35. The van der Waals surface area contributed by atoms with Crippen molar-refractivity contribution in [2.45, 2.75) is 37.8 Å². The van der Waals surface area contributed by atoms with Crippen LogP contribution in [0.5, 0.6) is 0 Å². The van der Waals surface area contributed by atoms with Gasteiger partial charge < -0.3 is 10.1 Å². The molecule has 0 spiro atoms. The van der Waals surface area contributed by atoms with Crippen LogP contribution < -0.4 is 14.8 Å². The van der Waals surface area contributed by atoms with Crippen LogP contribution in [0.4, 0.5) is 0 Å². The maximum Gasteiger partial charge on any atom is 0.277 e. The zero-order valence-corrected chi connectivity index (χ0v) is 11.3. The molecule has 1 fully saturated rings. The minimum Gasteiger partial charge on any atom is -0.383 e.